The van der Waals surface area contributed by atoms with Gasteiger partial charge in [0, 0.05) is 60.2 Å². The highest BCUT2D eigenvalue weighted by atomic mass is 32.1. The first-order valence-electron chi connectivity index (χ1n) is 31.6. The maximum Gasteiger partial charge on any atom is 0.264 e. The molecule has 1 aromatic heterocycles. The van der Waals surface area contributed by atoms with Crippen LogP contribution in [0.5, 0.6) is 0 Å². The van der Waals surface area contributed by atoms with Crippen LogP contribution in [0, 0.1) is 5.92 Å². The van der Waals surface area contributed by atoms with Crippen LogP contribution in [0.3, 0.4) is 0 Å². The van der Waals surface area contributed by atoms with Crippen LogP contribution in [-0.4, -0.2) is 6.71 Å². The zero-order valence-electron chi connectivity index (χ0n) is 53.0. The van der Waals surface area contributed by atoms with E-state index in [-0.39, 0.29) is 39.2 Å². The molecule has 2 aliphatic heterocycles. The summed E-state index contributed by atoms with van der Waals surface area (Å²) in [7, 11) is 0. The summed E-state index contributed by atoms with van der Waals surface area (Å²) in [5.41, 5.74) is 24.6. The largest absolute Gasteiger partial charge is 0.311 e. The lowest BCUT2D eigenvalue weighted by molar-refractivity contribution is 0.149. The van der Waals surface area contributed by atoms with Crippen LogP contribution < -0.4 is 30.4 Å². The fraction of sp³-hybridized carbons (Fsp3) is 0.367. The molecule has 2 aliphatic carbocycles. The molecule has 0 atom stereocenters. The Morgan fingerprint density at radius 3 is 1.44 bits per heavy atom. The molecule has 3 nitrogen and oxygen atoms in total. The van der Waals surface area contributed by atoms with Crippen molar-refractivity contribution in [2.24, 2.45) is 5.92 Å². The molecule has 428 valence electrons. The first-order valence-corrected chi connectivity index (χ1v) is 32.4. The number of hydrogen-bond donors (Lipinski definition) is 0. The zero-order chi connectivity index (χ0) is 59.0. The second-order valence-electron chi connectivity index (χ2n) is 30.8. The maximum absolute atomic E-state index is 2.74. The summed E-state index contributed by atoms with van der Waals surface area (Å²) >= 11 is 2.02. The highest BCUT2D eigenvalue weighted by molar-refractivity contribution is 7.33. The second-order valence-corrected chi connectivity index (χ2v) is 31.8. The summed E-state index contributed by atoms with van der Waals surface area (Å²) in [6.45, 7) is 35.0. The summed E-state index contributed by atoms with van der Waals surface area (Å²) in [4.78, 5) is 8.03. The Morgan fingerprint density at radius 2 is 0.940 bits per heavy atom. The van der Waals surface area contributed by atoms with E-state index < -0.39 is 0 Å². The van der Waals surface area contributed by atoms with Gasteiger partial charge in [-0.25, -0.2) is 0 Å². The molecule has 5 heteroatoms. The van der Waals surface area contributed by atoms with Crippen molar-refractivity contribution in [3.63, 3.8) is 0 Å². The first-order chi connectivity index (χ1) is 39.7. The van der Waals surface area contributed by atoms with Crippen LogP contribution in [0.1, 0.15) is 182 Å². The molecule has 0 N–H and O–H groups in total. The number of rotatable bonds is 7. The fourth-order valence-electron chi connectivity index (χ4n) is 14.8. The topological polar surface area (TPSA) is 9.72 Å². The van der Waals surface area contributed by atoms with E-state index >= 15 is 0 Å². The minimum absolute atomic E-state index is 0.00299. The van der Waals surface area contributed by atoms with Gasteiger partial charge in [0.05, 0.1) is 11.4 Å². The molecule has 8 aromatic carbocycles. The van der Waals surface area contributed by atoms with Gasteiger partial charge in [-0.3, -0.25) is 0 Å². The lowest BCUT2D eigenvalue weighted by Gasteiger charge is -2.48. The Hall–Kier alpha value is -6.82. The van der Waals surface area contributed by atoms with Crippen molar-refractivity contribution in [2.45, 2.75) is 181 Å². The summed E-state index contributed by atoms with van der Waals surface area (Å²) in [5, 5.41) is 1.35. The summed E-state index contributed by atoms with van der Waals surface area (Å²) in [6, 6.07) is 67.6. The molecule has 4 aliphatic rings. The van der Waals surface area contributed by atoms with Gasteiger partial charge in [-0.1, -0.05) is 221 Å². The molecule has 0 unspecified atom stereocenters. The second kappa shape index (κ2) is 20.2. The van der Waals surface area contributed by atoms with Crippen molar-refractivity contribution < 1.29 is 0 Å². The number of anilines is 9. The predicted molar refractivity (Wildman–Crippen MR) is 367 cm³/mol. The van der Waals surface area contributed by atoms with Crippen molar-refractivity contribution in [2.75, 3.05) is 14.7 Å². The van der Waals surface area contributed by atoms with E-state index in [0.717, 1.165) is 23.0 Å². The monoisotopic (exact) mass is 1120 g/mol. The van der Waals surface area contributed by atoms with Gasteiger partial charge >= 0.3 is 0 Å². The van der Waals surface area contributed by atoms with Crippen molar-refractivity contribution in [3.05, 3.63) is 203 Å². The Bertz CT molecular complexity index is 3880. The maximum atomic E-state index is 2.74. The number of nitrogens with zero attached hydrogens (tertiary/aromatic N) is 3. The van der Waals surface area contributed by atoms with Crippen molar-refractivity contribution in [1.29, 1.82) is 0 Å². The number of benzene rings is 8. The number of fused-ring (bicyclic) bond motifs is 8. The van der Waals surface area contributed by atoms with E-state index in [2.05, 4.69) is 288 Å². The van der Waals surface area contributed by atoms with Gasteiger partial charge in [0.25, 0.3) is 6.71 Å². The van der Waals surface area contributed by atoms with Crippen LogP contribution in [0.25, 0.3) is 21.2 Å². The molecular formula is C79H88BN3S. The van der Waals surface area contributed by atoms with E-state index in [4.69, 9.17) is 0 Å². The molecule has 0 amide bonds. The van der Waals surface area contributed by atoms with Gasteiger partial charge in [-0.2, -0.15) is 0 Å². The lowest BCUT2D eigenvalue weighted by Crippen LogP contribution is -2.60. The van der Waals surface area contributed by atoms with Crippen molar-refractivity contribution in [1.82, 2.24) is 0 Å². The van der Waals surface area contributed by atoms with Crippen LogP contribution in [-0.2, 0) is 32.5 Å². The minimum Gasteiger partial charge on any atom is -0.311 e. The molecule has 9 aromatic rings. The molecule has 0 spiro atoms. The molecule has 0 saturated heterocycles. The Kier molecular flexibility index (Phi) is 13.5. The average Bonchev–Trinajstić information content (AvgIpc) is 1.61. The minimum atomic E-state index is -0.0511. The third-order valence-corrected chi connectivity index (χ3v) is 21.0. The van der Waals surface area contributed by atoms with E-state index in [1.54, 1.807) is 0 Å². The van der Waals surface area contributed by atoms with Crippen molar-refractivity contribution in [3.8, 4) is 11.1 Å². The fourth-order valence-corrected chi connectivity index (χ4v) is 16.1. The third-order valence-electron chi connectivity index (χ3n) is 19.8. The van der Waals surface area contributed by atoms with E-state index in [9.17, 15) is 0 Å². The Labute approximate surface area is 508 Å². The Morgan fingerprint density at radius 1 is 0.476 bits per heavy atom. The van der Waals surface area contributed by atoms with Crippen LogP contribution in [0.4, 0.5) is 51.2 Å². The van der Waals surface area contributed by atoms with Gasteiger partial charge in [-0.15, -0.1) is 11.3 Å². The summed E-state index contributed by atoms with van der Waals surface area (Å²) < 4.78 is 2.75. The van der Waals surface area contributed by atoms with Crippen molar-refractivity contribution >= 4 is 95.0 Å². The van der Waals surface area contributed by atoms with Gasteiger partial charge < -0.3 is 14.7 Å². The van der Waals surface area contributed by atoms with E-state index in [1.807, 2.05) is 11.3 Å². The molecule has 0 radical (unpaired) electrons. The molecule has 2 saturated carbocycles. The summed E-state index contributed by atoms with van der Waals surface area (Å²) in [5.74, 6) is 0.776. The number of hydrogen-bond acceptors (Lipinski definition) is 4. The molecular weight excluding hydrogens is 1030 g/mol. The van der Waals surface area contributed by atoms with Crippen LogP contribution >= 0.6 is 11.3 Å². The SMILES string of the molecule is CC(C)(C)c1ccc(N(c2ccc(C(C)(C)C)cc2)c2cc3c(cc2-c2ccccc2)B2c4sc5ccc(C(C)(C)C)cc5c4N(c4ccc(C(C)(C)C)cc4)c4cc(C56CCCC(CCC5)C6)cc(c42)N3c2ccc(C(C)(C)C)cc2)cc1. The average molecular weight is 1120 g/mol. The molecule has 13 rings (SSSR count). The van der Waals surface area contributed by atoms with Gasteiger partial charge in [0.2, 0.25) is 0 Å². The highest BCUT2D eigenvalue weighted by Gasteiger charge is 2.49. The van der Waals surface area contributed by atoms with Crippen LogP contribution in [0.2, 0.25) is 0 Å². The zero-order valence-corrected chi connectivity index (χ0v) is 53.8. The lowest BCUT2D eigenvalue weighted by atomic mass is 9.36. The standard InChI is InChI=1S/C79H88BN3S/c1-74(2,3)53-25-34-59(35-26-53)81(60-36-27-54(28-37-60)75(4,5)6)66-49-67-65(48-63(66)52-23-17-16-18-24-52)80-71-68(82(67)61-38-29-55(30-39-61)76(7,8)9)46-58(79-43-19-21-51(50-79)22-20-44-79)47-69(71)83(62-40-31-56(32-41-62)77(10,11)12)72-64-45-57(78(13,14)15)33-42-70(64)84-73(72)80/h16-18,23-42,45-49,51H,19-22,43-44,50H2,1-15H3. The van der Waals surface area contributed by atoms with Crippen LogP contribution in [0.15, 0.2) is 170 Å². The smallest absolute Gasteiger partial charge is 0.264 e. The van der Waals surface area contributed by atoms with Gasteiger partial charge in [0.1, 0.15) is 0 Å². The van der Waals surface area contributed by atoms with Gasteiger partial charge in [-0.05, 0) is 186 Å². The summed E-state index contributed by atoms with van der Waals surface area (Å²) in [6.07, 6.45) is 9.06. The normalized spacial score (nSPS) is 17.9. The highest BCUT2D eigenvalue weighted by Crippen LogP contribution is 2.56. The molecule has 2 bridgehead atoms. The van der Waals surface area contributed by atoms with Gasteiger partial charge in [0.15, 0.2) is 0 Å². The first kappa shape index (κ1) is 56.3. The molecule has 84 heavy (non-hydrogen) atoms. The Balaban J connectivity index is 1.18. The van der Waals surface area contributed by atoms with E-state index in [1.165, 1.54) is 149 Å². The molecule has 2 fully saturated rings. The molecule has 3 heterocycles. The van der Waals surface area contributed by atoms with E-state index in [0.29, 0.717) is 0 Å². The quantitative estimate of drug-likeness (QED) is 0.147. The predicted octanol–water partition coefficient (Wildman–Crippen LogP) is 21.2. The third kappa shape index (κ3) is 9.83. The number of thiophene rings is 1.